The summed E-state index contributed by atoms with van der Waals surface area (Å²) in [5.41, 5.74) is 1.19. The van der Waals surface area contributed by atoms with Crippen molar-refractivity contribution < 1.29 is 4.74 Å². The van der Waals surface area contributed by atoms with Crippen molar-refractivity contribution in [3.05, 3.63) is 41.7 Å². The van der Waals surface area contributed by atoms with Crippen LogP contribution in [0.5, 0.6) is 5.75 Å². The van der Waals surface area contributed by atoms with Crippen LogP contribution >= 0.6 is 0 Å². The second-order valence-electron chi connectivity index (χ2n) is 5.01. The second-order valence-corrected chi connectivity index (χ2v) is 5.01. The molecule has 0 saturated carbocycles. The van der Waals surface area contributed by atoms with E-state index in [9.17, 15) is 0 Å². The Hall–Kier alpha value is -2.30. The molecule has 1 aliphatic heterocycles. The molecule has 21 heavy (non-hydrogen) atoms. The maximum absolute atomic E-state index is 5.81. The van der Waals surface area contributed by atoms with Crippen LogP contribution < -0.4 is 15.0 Å². The highest BCUT2D eigenvalue weighted by Gasteiger charge is 2.17. The normalized spacial score (nSPS) is 14.1. The van der Waals surface area contributed by atoms with Crippen LogP contribution in [0.3, 0.4) is 0 Å². The number of nitrogens with one attached hydrogen (secondary N) is 1. The van der Waals surface area contributed by atoms with E-state index in [4.69, 9.17) is 4.74 Å². The monoisotopic (exact) mass is 284 g/mol. The van der Waals surface area contributed by atoms with E-state index in [1.54, 1.807) is 0 Å². The van der Waals surface area contributed by atoms with Crippen molar-refractivity contribution in [1.82, 2.24) is 9.97 Å². The Morgan fingerprint density at radius 3 is 2.95 bits per heavy atom. The molecule has 0 bridgehead atoms. The Balaban J connectivity index is 1.93. The second kappa shape index (κ2) is 5.99. The summed E-state index contributed by atoms with van der Waals surface area (Å²) in [5, 5.41) is 3.11. The first-order valence-corrected chi connectivity index (χ1v) is 7.31. The molecule has 5 nitrogen and oxygen atoms in total. The van der Waals surface area contributed by atoms with Crippen molar-refractivity contribution in [3.63, 3.8) is 0 Å². The summed E-state index contributed by atoms with van der Waals surface area (Å²) in [4.78, 5) is 11.4. The van der Waals surface area contributed by atoms with Crippen LogP contribution in [0.2, 0.25) is 0 Å². The molecular formula is C16H20N4O. The fourth-order valence-electron chi connectivity index (χ4n) is 2.45. The number of hydrogen-bond donors (Lipinski definition) is 1. The van der Waals surface area contributed by atoms with Gasteiger partial charge in [-0.15, -0.1) is 0 Å². The molecule has 0 fully saturated rings. The molecule has 0 amide bonds. The van der Waals surface area contributed by atoms with Gasteiger partial charge in [-0.05, 0) is 6.07 Å². The summed E-state index contributed by atoms with van der Waals surface area (Å²) in [5.74, 6) is 3.63. The SMILES string of the molecule is CCc1nc(NC)cc(N2CCOc3ccccc3C2)n1. The highest BCUT2D eigenvalue weighted by molar-refractivity contribution is 5.51. The Kier molecular flexibility index (Phi) is 3.90. The number of aromatic nitrogens is 2. The van der Waals surface area contributed by atoms with Gasteiger partial charge in [0.2, 0.25) is 0 Å². The zero-order valence-electron chi connectivity index (χ0n) is 12.5. The van der Waals surface area contributed by atoms with Gasteiger partial charge in [0.05, 0.1) is 6.54 Å². The largest absolute Gasteiger partial charge is 0.491 e. The summed E-state index contributed by atoms with van der Waals surface area (Å²) in [6, 6.07) is 10.2. The molecule has 0 aliphatic carbocycles. The van der Waals surface area contributed by atoms with E-state index in [2.05, 4.69) is 33.2 Å². The van der Waals surface area contributed by atoms with E-state index >= 15 is 0 Å². The molecule has 0 spiro atoms. The van der Waals surface area contributed by atoms with E-state index in [-0.39, 0.29) is 0 Å². The molecule has 1 aliphatic rings. The van der Waals surface area contributed by atoms with E-state index in [1.165, 1.54) is 5.56 Å². The number of benzene rings is 1. The lowest BCUT2D eigenvalue weighted by molar-refractivity contribution is 0.331. The van der Waals surface area contributed by atoms with Crippen LogP contribution in [0.15, 0.2) is 30.3 Å². The number of para-hydroxylation sites is 1. The highest BCUT2D eigenvalue weighted by atomic mass is 16.5. The van der Waals surface area contributed by atoms with E-state index in [0.717, 1.165) is 42.7 Å². The van der Waals surface area contributed by atoms with Gasteiger partial charge in [0.1, 0.15) is 29.8 Å². The van der Waals surface area contributed by atoms with Crippen molar-refractivity contribution in [1.29, 1.82) is 0 Å². The van der Waals surface area contributed by atoms with Crippen molar-refractivity contribution in [2.75, 3.05) is 30.4 Å². The van der Waals surface area contributed by atoms with E-state index < -0.39 is 0 Å². The average molecular weight is 284 g/mol. The molecule has 110 valence electrons. The smallest absolute Gasteiger partial charge is 0.134 e. The Labute approximate surface area is 125 Å². The zero-order valence-corrected chi connectivity index (χ0v) is 12.5. The van der Waals surface area contributed by atoms with Crippen molar-refractivity contribution >= 4 is 11.6 Å². The molecular weight excluding hydrogens is 264 g/mol. The molecule has 2 heterocycles. The van der Waals surface area contributed by atoms with E-state index in [1.807, 2.05) is 31.3 Å². The third-order valence-electron chi connectivity index (χ3n) is 3.61. The summed E-state index contributed by atoms with van der Waals surface area (Å²) in [6.07, 6.45) is 0.823. The average Bonchev–Trinajstić information content (AvgIpc) is 2.76. The van der Waals surface area contributed by atoms with Crippen molar-refractivity contribution in [2.45, 2.75) is 19.9 Å². The standard InChI is InChI=1S/C16H20N4O/c1-3-14-18-15(17-2)10-16(19-14)20-8-9-21-13-7-5-4-6-12(13)11-20/h4-7,10H,3,8-9,11H2,1-2H3,(H,17,18,19). The minimum Gasteiger partial charge on any atom is -0.491 e. The number of rotatable bonds is 3. The quantitative estimate of drug-likeness (QED) is 0.938. The lowest BCUT2D eigenvalue weighted by Crippen LogP contribution is -2.26. The molecule has 3 rings (SSSR count). The fraction of sp³-hybridized carbons (Fsp3) is 0.375. The maximum atomic E-state index is 5.81. The fourth-order valence-corrected chi connectivity index (χ4v) is 2.45. The molecule has 1 aromatic heterocycles. The zero-order chi connectivity index (χ0) is 14.7. The predicted octanol–water partition coefficient (Wildman–Crippen LogP) is 2.48. The van der Waals surface area contributed by atoms with Crippen LogP contribution in [-0.2, 0) is 13.0 Å². The van der Waals surface area contributed by atoms with Gasteiger partial charge in [0.25, 0.3) is 0 Å². The lowest BCUT2D eigenvalue weighted by Gasteiger charge is -2.22. The number of ether oxygens (including phenoxy) is 1. The number of anilines is 2. The van der Waals surface area contributed by atoms with Gasteiger partial charge in [0.15, 0.2) is 0 Å². The first-order valence-electron chi connectivity index (χ1n) is 7.31. The van der Waals surface area contributed by atoms with Gasteiger partial charge in [0, 0.05) is 31.6 Å². The van der Waals surface area contributed by atoms with Crippen LogP contribution in [0, 0.1) is 0 Å². The lowest BCUT2D eigenvalue weighted by atomic mass is 10.2. The topological polar surface area (TPSA) is 50.3 Å². The van der Waals surface area contributed by atoms with Crippen molar-refractivity contribution in [2.24, 2.45) is 0 Å². The van der Waals surface area contributed by atoms with Gasteiger partial charge in [-0.25, -0.2) is 9.97 Å². The summed E-state index contributed by atoms with van der Waals surface area (Å²) in [7, 11) is 1.88. The van der Waals surface area contributed by atoms with Gasteiger partial charge >= 0.3 is 0 Å². The number of aryl methyl sites for hydroxylation is 1. The van der Waals surface area contributed by atoms with Gasteiger partial charge < -0.3 is 15.0 Å². The third-order valence-corrected chi connectivity index (χ3v) is 3.61. The minimum absolute atomic E-state index is 0.664. The number of fused-ring (bicyclic) bond motifs is 1. The van der Waals surface area contributed by atoms with Crippen molar-refractivity contribution in [3.8, 4) is 5.75 Å². The molecule has 0 saturated heterocycles. The molecule has 0 radical (unpaired) electrons. The predicted molar refractivity (Wildman–Crippen MR) is 83.9 cm³/mol. The first-order chi connectivity index (χ1) is 10.3. The number of nitrogens with zero attached hydrogens (tertiary/aromatic N) is 3. The highest BCUT2D eigenvalue weighted by Crippen LogP contribution is 2.26. The minimum atomic E-state index is 0.664. The maximum Gasteiger partial charge on any atom is 0.134 e. The summed E-state index contributed by atoms with van der Waals surface area (Å²) in [6.45, 7) is 4.36. The van der Waals surface area contributed by atoms with Crippen LogP contribution in [-0.4, -0.2) is 30.2 Å². The molecule has 0 atom stereocenters. The van der Waals surface area contributed by atoms with Crippen LogP contribution in [0.1, 0.15) is 18.3 Å². The van der Waals surface area contributed by atoms with Gasteiger partial charge in [-0.3, -0.25) is 0 Å². The molecule has 1 aromatic carbocycles. The summed E-state index contributed by atoms with van der Waals surface area (Å²) < 4.78 is 5.81. The van der Waals surface area contributed by atoms with Crippen LogP contribution in [0.25, 0.3) is 0 Å². The van der Waals surface area contributed by atoms with E-state index in [0.29, 0.717) is 6.61 Å². The van der Waals surface area contributed by atoms with Crippen LogP contribution in [0.4, 0.5) is 11.6 Å². The molecule has 1 N–H and O–H groups in total. The Bertz CT molecular complexity index is 607. The molecule has 5 heteroatoms. The first kappa shape index (κ1) is 13.7. The number of hydrogen-bond acceptors (Lipinski definition) is 5. The Morgan fingerprint density at radius 2 is 2.14 bits per heavy atom. The Morgan fingerprint density at radius 1 is 1.29 bits per heavy atom. The van der Waals surface area contributed by atoms with Gasteiger partial charge in [-0.1, -0.05) is 25.1 Å². The molecule has 0 unspecified atom stereocenters. The molecule has 2 aromatic rings. The third kappa shape index (κ3) is 2.91. The van der Waals surface area contributed by atoms with Gasteiger partial charge in [-0.2, -0.15) is 0 Å². The summed E-state index contributed by atoms with van der Waals surface area (Å²) >= 11 is 0.